The molecule has 0 spiro atoms. The van der Waals surface area contributed by atoms with Gasteiger partial charge in [0.1, 0.15) is 0 Å². The summed E-state index contributed by atoms with van der Waals surface area (Å²) >= 11 is 5.82. The van der Waals surface area contributed by atoms with Gasteiger partial charge in [-0.05, 0) is 36.2 Å². The van der Waals surface area contributed by atoms with E-state index in [0.717, 1.165) is 5.56 Å². The third-order valence-corrected chi connectivity index (χ3v) is 5.06. The third kappa shape index (κ3) is 6.40. The van der Waals surface area contributed by atoms with Crippen LogP contribution in [0.5, 0.6) is 0 Å². The van der Waals surface area contributed by atoms with Gasteiger partial charge in [-0.3, -0.25) is 9.10 Å². The second-order valence-corrected chi connectivity index (χ2v) is 8.02. The Balaban J connectivity index is 1.83. The maximum atomic E-state index is 12.0. The molecule has 0 saturated heterocycles. The first-order valence-electron chi connectivity index (χ1n) is 7.90. The summed E-state index contributed by atoms with van der Waals surface area (Å²) in [5.41, 5.74) is 1.56. The van der Waals surface area contributed by atoms with Crippen molar-refractivity contribution < 1.29 is 13.2 Å². The van der Waals surface area contributed by atoms with E-state index < -0.39 is 10.0 Å². The van der Waals surface area contributed by atoms with Gasteiger partial charge in [-0.1, -0.05) is 41.9 Å². The van der Waals surface area contributed by atoms with E-state index >= 15 is 0 Å². The lowest BCUT2D eigenvalue weighted by Crippen LogP contribution is -2.32. The van der Waals surface area contributed by atoms with Crippen LogP contribution in [0.4, 0.5) is 5.69 Å². The summed E-state index contributed by atoms with van der Waals surface area (Å²) in [6.45, 7) is 0.682. The first-order valence-corrected chi connectivity index (χ1v) is 10.1. The summed E-state index contributed by atoms with van der Waals surface area (Å²) in [7, 11) is -3.39. The minimum Gasteiger partial charge on any atom is -0.352 e. The average Bonchev–Trinajstić information content (AvgIpc) is 2.58. The molecule has 0 unspecified atom stereocenters. The number of carbonyl (C=O) groups is 1. The van der Waals surface area contributed by atoms with Gasteiger partial charge in [0.05, 0.1) is 11.9 Å². The van der Waals surface area contributed by atoms with Crippen molar-refractivity contribution in [2.75, 3.05) is 17.1 Å². The van der Waals surface area contributed by atoms with Crippen LogP contribution in [0.3, 0.4) is 0 Å². The number of sulfonamides is 1. The normalized spacial score (nSPS) is 11.1. The topological polar surface area (TPSA) is 66.5 Å². The Morgan fingerprint density at radius 3 is 2.32 bits per heavy atom. The van der Waals surface area contributed by atoms with Gasteiger partial charge in [-0.25, -0.2) is 8.42 Å². The summed E-state index contributed by atoms with van der Waals surface area (Å²) < 4.78 is 25.2. The lowest BCUT2D eigenvalue weighted by molar-refractivity contribution is -0.121. The van der Waals surface area contributed by atoms with E-state index in [4.69, 9.17) is 11.6 Å². The highest BCUT2D eigenvalue weighted by atomic mass is 35.5. The van der Waals surface area contributed by atoms with E-state index in [9.17, 15) is 13.2 Å². The van der Waals surface area contributed by atoms with Crippen LogP contribution in [0.2, 0.25) is 5.02 Å². The fourth-order valence-electron chi connectivity index (χ4n) is 2.36. The molecule has 0 bridgehead atoms. The highest BCUT2D eigenvalue weighted by Crippen LogP contribution is 2.17. The molecule has 1 amide bonds. The Kier molecular flexibility index (Phi) is 6.84. The molecule has 0 radical (unpaired) electrons. The van der Waals surface area contributed by atoms with Crippen molar-refractivity contribution in [3.8, 4) is 0 Å². The smallest absolute Gasteiger partial charge is 0.232 e. The van der Waals surface area contributed by atoms with Crippen LogP contribution in [0.1, 0.15) is 18.4 Å². The first-order chi connectivity index (χ1) is 11.9. The van der Waals surface area contributed by atoms with Gasteiger partial charge < -0.3 is 5.32 Å². The Labute approximate surface area is 153 Å². The summed E-state index contributed by atoms with van der Waals surface area (Å²) in [5, 5.41) is 3.47. The van der Waals surface area contributed by atoms with Gasteiger partial charge >= 0.3 is 0 Å². The predicted molar refractivity (Wildman–Crippen MR) is 101 cm³/mol. The van der Waals surface area contributed by atoms with Crippen molar-refractivity contribution in [3.05, 3.63) is 65.2 Å². The van der Waals surface area contributed by atoms with E-state index in [1.807, 2.05) is 18.2 Å². The van der Waals surface area contributed by atoms with Gasteiger partial charge in [0, 0.05) is 24.5 Å². The second kappa shape index (κ2) is 8.87. The molecule has 2 rings (SSSR count). The number of rotatable bonds is 8. The molecular weight excluding hydrogens is 360 g/mol. The summed E-state index contributed by atoms with van der Waals surface area (Å²) in [5.74, 6) is -0.114. The van der Waals surface area contributed by atoms with Crippen molar-refractivity contribution in [3.63, 3.8) is 0 Å². The Hall–Kier alpha value is -2.05. The highest BCUT2D eigenvalue weighted by Gasteiger charge is 2.17. The molecule has 2 aromatic carbocycles. The van der Waals surface area contributed by atoms with E-state index in [2.05, 4.69) is 5.32 Å². The summed E-state index contributed by atoms with van der Waals surface area (Å²) in [4.78, 5) is 11.9. The molecule has 7 heteroatoms. The monoisotopic (exact) mass is 380 g/mol. The molecule has 1 N–H and O–H groups in total. The first kappa shape index (κ1) is 19.3. The van der Waals surface area contributed by atoms with Crippen LogP contribution in [0.25, 0.3) is 0 Å². The van der Waals surface area contributed by atoms with Gasteiger partial charge in [0.15, 0.2) is 0 Å². The van der Waals surface area contributed by atoms with Gasteiger partial charge in [-0.15, -0.1) is 0 Å². The number of anilines is 1. The van der Waals surface area contributed by atoms with Crippen LogP contribution in [-0.4, -0.2) is 27.1 Å². The van der Waals surface area contributed by atoms with Crippen molar-refractivity contribution >= 4 is 33.2 Å². The number of nitrogens with one attached hydrogen (secondary N) is 1. The summed E-state index contributed by atoms with van der Waals surface area (Å²) in [6.07, 6.45) is 1.86. The lowest BCUT2D eigenvalue weighted by atomic mass is 10.2. The number of amides is 1. The molecule has 0 fully saturated rings. The molecule has 0 aromatic heterocycles. The fraction of sp³-hybridized carbons (Fsp3) is 0.278. The van der Waals surface area contributed by atoms with Crippen LogP contribution in [0.15, 0.2) is 54.6 Å². The molecule has 0 atom stereocenters. The van der Waals surface area contributed by atoms with Crippen molar-refractivity contribution in [2.45, 2.75) is 19.4 Å². The van der Waals surface area contributed by atoms with Gasteiger partial charge in [0.25, 0.3) is 0 Å². The SMILES string of the molecule is CS(=O)(=O)N(CCCC(=O)NCc1ccc(Cl)cc1)c1ccccc1. The van der Waals surface area contributed by atoms with Gasteiger partial charge in [0.2, 0.25) is 15.9 Å². The maximum Gasteiger partial charge on any atom is 0.232 e. The van der Waals surface area contributed by atoms with E-state index in [-0.39, 0.29) is 18.9 Å². The highest BCUT2D eigenvalue weighted by molar-refractivity contribution is 7.92. The molecule has 0 aliphatic carbocycles. The molecule has 0 aliphatic rings. The average molecular weight is 381 g/mol. The van der Waals surface area contributed by atoms with E-state index in [1.54, 1.807) is 36.4 Å². The minimum atomic E-state index is -3.39. The standard InChI is InChI=1S/C18H21ClN2O3S/c1-25(23,24)21(17-6-3-2-4-7-17)13-5-8-18(22)20-14-15-9-11-16(19)12-10-15/h2-4,6-7,9-12H,5,8,13-14H2,1H3,(H,20,22). The maximum absolute atomic E-state index is 12.0. The Bertz CT molecular complexity index is 793. The van der Waals surface area contributed by atoms with E-state index in [1.165, 1.54) is 10.6 Å². The molecule has 25 heavy (non-hydrogen) atoms. The molecule has 134 valence electrons. The third-order valence-electron chi connectivity index (χ3n) is 3.61. The molecule has 0 heterocycles. The summed E-state index contributed by atoms with van der Waals surface area (Å²) in [6, 6.07) is 16.1. The minimum absolute atomic E-state index is 0.114. The fourth-order valence-corrected chi connectivity index (χ4v) is 3.45. The number of hydrogen-bond acceptors (Lipinski definition) is 3. The van der Waals surface area contributed by atoms with Crippen LogP contribution >= 0.6 is 11.6 Å². The number of para-hydroxylation sites is 1. The number of nitrogens with zero attached hydrogens (tertiary/aromatic N) is 1. The Morgan fingerprint density at radius 1 is 1.08 bits per heavy atom. The second-order valence-electron chi connectivity index (χ2n) is 5.68. The van der Waals surface area contributed by atoms with Gasteiger partial charge in [-0.2, -0.15) is 0 Å². The Morgan fingerprint density at radius 2 is 1.72 bits per heavy atom. The van der Waals surface area contributed by atoms with Crippen molar-refractivity contribution in [2.24, 2.45) is 0 Å². The largest absolute Gasteiger partial charge is 0.352 e. The zero-order valence-electron chi connectivity index (χ0n) is 14.0. The van der Waals surface area contributed by atoms with Crippen molar-refractivity contribution in [1.82, 2.24) is 5.32 Å². The predicted octanol–water partition coefficient (Wildman–Crippen LogP) is 3.20. The molecule has 2 aromatic rings. The van der Waals surface area contributed by atoms with Crippen LogP contribution in [0, 0.1) is 0 Å². The molecular formula is C18H21ClN2O3S. The zero-order valence-corrected chi connectivity index (χ0v) is 15.6. The lowest BCUT2D eigenvalue weighted by Gasteiger charge is -2.22. The van der Waals surface area contributed by atoms with Crippen molar-refractivity contribution in [1.29, 1.82) is 0 Å². The number of benzene rings is 2. The number of carbonyl (C=O) groups excluding carboxylic acids is 1. The quantitative estimate of drug-likeness (QED) is 0.764. The number of halogens is 1. The molecule has 0 aliphatic heterocycles. The van der Waals surface area contributed by atoms with Crippen LogP contribution in [-0.2, 0) is 21.4 Å². The zero-order chi connectivity index (χ0) is 18.3. The number of hydrogen-bond donors (Lipinski definition) is 1. The molecule has 0 saturated carbocycles. The molecule has 5 nitrogen and oxygen atoms in total. The van der Waals surface area contributed by atoms with E-state index in [0.29, 0.717) is 23.7 Å². The van der Waals surface area contributed by atoms with Crippen LogP contribution < -0.4 is 9.62 Å².